The van der Waals surface area contributed by atoms with Gasteiger partial charge in [0, 0.05) is 24.5 Å². The average molecular weight is 380 g/mol. The van der Waals surface area contributed by atoms with Gasteiger partial charge in [-0.05, 0) is 35.7 Å². The van der Waals surface area contributed by atoms with Crippen molar-refractivity contribution in [1.82, 2.24) is 9.29 Å². The Bertz CT molecular complexity index is 1020. The maximum Gasteiger partial charge on any atom is 0.244 e. The third kappa shape index (κ3) is 3.39. The number of fused-ring (bicyclic) bond motifs is 1. The topological polar surface area (TPSA) is 70.5 Å². The summed E-state index contributed by atoms with van der Waals surface area (Å²) in [5, 5.41) is 11.0. The zero-order valence-electron chi connectivity index (χ0n) is 14.6. The van der Waals surface area contributed by atoms with E-state index in [9.17, 15) is 13.5 Å². The highest BCUT2D eigenvalue weighted by Crippen LogP contribution is 2.38. The van der Waals surface area contributed by atoms with Crippen molar-refractivity contribution in [3.63, 3.8) is 0 Å². The fraction of sp³-hybridized carbons (Fsp3) is 0.190. The summed E-state index contributed by atoms with van der Waals surface area (Å²) in [5.41, 5.74) is 2.27. The third-order valence-electron chi connectivity index (χ3n) is 4.93. The molecule has 0 spiro atoms. The maximum absolute atomic E-state index is 13.4. The molecule has 1 aromatic heterocycles. The normalized spacial score (nSPS) is 21.5. The molecule has 0 bridgehead atoms. The van der Waals surface area contributed by atoms with E-state index in [1.807, 2.05) is 42.5 Å². The van der Waals surface area contributed by atoms with Crippen LogP contribution >= 0.6 is 0 Å². The lowest BCUT2D eigenvalue weighted by Gasteiger charge is -2.39. The molecule has 0 saturated carbocycles. The van der Waals surface area contributed by atoms with Gasteiger partial charge in [0.25, 0.3) is 0 Å². The molecule has 2 heterocycles. The molecule has 0 radical (unpaired) electrons. The van der Waals surface area contributed by atoms with Crippen molar-refractivity contribution in [1.29, 1.82) is 0 Å². The summed E-state index contributed by atoms with van der Waals surface area (Å²) in [6.07, 6.45) is 2.86. The predicted octanol–water partition coefficient (Wildman–Crippen LogP) is 2.93. The van der Waals surface area contributed by atoms with E-state index in [-0.39, 0.29) is 11.4 Å². The van der Waals surface area contributed by atoms with Crippen LogP contribution in [-0.4, -0.2) is 28.9 Å². The van der Waals surface area contributed by atoms with Gasteiger partial charge in [-0.1, -0.05) is 48.5 Å². The summed E-state index contributed by atoms with van der Waals surface area (Å²) in [5.74, 6) is 0. The fourth-order valence-corrected chi connectivity index (χ4v) is 5.42. The highest BCUT2D eigenvalue weighted by atomic mass is 32.2. The molecule has 0 amide bonds. The molecule has 5 nitrogen and oxygen atoms in total. The molecule has 138 valence electrons. The quantitative estimate of drug-likeness (QED) is 0.756. The first-order chi connectivity index (χ1) is 13.1. The molecule has 27 heavy (non-hydrogen) atoms. The van der Waals surface area contributed by atoms with Crippen molar-refractivity contribution in [3.05, 3.63) is 95.8 Å². The summed E-state index contributed by atoms with van der Waals surface area (Å²) in [6.45, 7) is 0.213. The molecular formula is C21H20N2O3S. The Kier molecular flexibility index (Phi) is 4.78. The molecule has 6 heteroatoms. The zero-order chi connectivity index (χ0) is 18.9. The van der Waals surface area contributed by atoms with E-state index < -0.39 is 22.2 Å². The summed E-state index contributed by atoms with van der Waals surface area (Å²) >= 11 is 0. The molecule has 0 aliphatic carbocycles. The number of aliphatic hydroxyl groups is 1. The van der Waals surface area contributed by atoms with Crippen molar-refractivity contribution in [2.45, 2.75) is 30.0 Å². The molecule has 1 aliphatic heterocycles. The molecule has 0 fully saturated rings. The van der Waals surface area contributed by atoms with Gasteiger partial charge in [0.05, 0.1) is 17.0 Å². The van der Waals surface area contributed by atoms with Crippen LogP contribution in [0, 0.1) is 0 Å². The molecule has 0 saturated heterocycles. The lowest BCUT2D eigenvalue weighted by Crippen LogP contribution is -2.48. The number of aromatic nitrogens is 1. The SMILES string of the molecule is O=S1(=O)c2ccccc2[C@@H](O)[C@H](Cc2ccncc2)N1Cc1ccccc1. The van der Waals surface area contributed by atoms with E-state index in [1.54, 1.807) is 36.7 Å². The Morgan fingerprint density at radius 2 is 1.56 bits per heavy atom. The summed E-state index contributed by atoms with van der Waals surface area (Å²) in [6, 6.07) is 19.3. The van der Waals surface area contributed by atoms with Crippen molar-refractivity contribution < 1.29 is 13.5 Å². The van der Waals surface area contributed by atoms with Crippen molar-refractivity contribution in [3.8, 4) is 0 Å². The van der Waals surface area contributed by atoms with Gasteiger partial charge >= 0.3 is 0 Å². The Hall–Kier alpha value is -2.54. The van der Waals surface area contributed by atoms with E-state index >= 15 is 0 Å². The standard InChI is InChI=1S/C21H20N2O3S/c24-21-18-8-4-5-9-20(18)27(25,26)23(15-17-6-2-1-3-7-17)19(21)14-16-10-12-22-13-11-16/h1-13,19,21,24H,14-15H2/t19-,21+/m0/s1. The monoisotopic (exact) mass is 380 g/mol. The van der Waals surface area contributed by atoms with Crippen LogP contribution in [0.3, 0.4) is 0 Å². The van der Waals surface area contributed by atoms with Crippen molar-refractivity contribution in [2.75, 3.05) is 0 Å². The van der Waals surface area contributed by atoms with Crippen LogP contribution in [0.1, 0.15) is 22.8 Å². The van der Waals surface area contributed by atoms with Gasteiger partial charge in [-0.3, -0.25) is 4.98 Å². The van der Waals surface area contributed by atoms with E-state index in [4.69, 9.17) is 0 Å². The lowest BCUT2D eigenvalue weighted by molar-refractivity contribution is 0.0769. The molecular weight excluding hydrogens is 360 g/mol. The number of sulfonamides is 1. The van der Waals surface area contributed by atoms with Crippen LogP contribution in [0.15, 0.2) is 84.0 Å². The first-order valence-electron chi connectivity index (χ1n) is 8.79. The van der Waals surface area contributed by atoms with Crippen molar-refractivity contribution in [2.24, 2.45) is 0 Å². The Morgan fingerprint density at radius 1 is 0.889 bits per heavy atom. The lowest BCUT2D eigenvalue weighted by atomic mass is 9.95. The minimum atomic E-state index is -3.73. The second-order valence-electron chi connectivity index (χ2n) is 6.65. The van der Waals surface area contributed by atoms with Crippen LogP contribution in [0.25, 0.3) is 0 Å². The van der Waals surface area contributed by atoms with Crippen LogP contribution in [-0.2, 0) is 23.0 Å². The van der Waals surface area contributed by atoms with Crippen LogP contribution in [0.2, 0.25) is 0 Å². The predicted molar refractivity (Wildman–Crippen MR) is 102 cm³/mol. The number of pyridine rings is 1. The Morgan fingerprint density at radius 3 is 2.30 bits per heavy atom. The highest BCUT2D eigenvalue weighted by Gasteiger charge is 2.43. The number of nitrogens with zero attached hydrogens (tertiary/aromatic N) is 2. The van der Waals surface area contributed by atoms with Gasteiger partial charge in [-0.15, -0.1) is 0 Å². The average Bonchev–Trinajstić information content (AvgIpc) is 2.71. The van der Waals surface area contributed by atoms with Crippen LogP contribution < -0.4 is 0 Å². The van der Waals surface area contributed by atoms with Crippen molar-refractivity contribution >= 4 is 10.0 Å². The molecule has 1 aliphatic rings. The molecule has 0 unspecified atom stereocenters. The van der Waals surface area contributed by atoms with E-state index in [1.165, 1.54) is 4.31 Å². The first kappa shape index (κ1) is 17.9. The number of hydrogen-bond acceptors (Lipinski definition) is 4. The van der Waals surface area contributed by atoms with E-state index in [0.29, 0.717) is 12.0 Å². The molecule has 1 N–H and O–H groups in total. The second kappa shape index (κ2) is 7.23. The minimum absolute atomic E-state index is 0.180. The Labute approximate surface area is 159 Å². The largest absolute Gasteiger partial charge is 0.387 e. The van der Waals surface area contributed by atoms with Gasteiger partial charge in [0.2, 0.25) is 10.0 Å². The smallest absolute Gasteiger partial charge is 0.244 e. The number of rotatable bonds is 4. The molecule has 4 rings (SSSR count). The zero-order valence-corrected chi connectivity index (χ0v) is 15.5. The minimum Gasteiger partial charge on any atom is -0.387 e. The van der Waals surface area contributed by atoms with Gasteiger partial charge in [0.1, 0.15) is 0 Å². The highest BCUT2D eigenvalue weighted by molar-refractivity contribution is 7.89. The van der Waals surface area contributed by atoms with Gasteiger partial charge in [0.15, 0.2) is 0 Å². The number of aliphatic hydroxyl groups excluding tert-OH is 1. The summed E-state index contributed by atoms with van der Waals surface area (Å²) in [7, 11) is -3.73. The van der Waals surface area contributed by atoms with Gasteiger partial charge < -0.3 is 5.11 Å². The fourth-order valence-electron chi connectivity index (χ4n) is 3.57. The van der Waals surface area contributed by atoms with Gasteiger partial charge in [-0.25, -0.2) is 8.42 Å². The van der Waals surface area contributed by atoms with E-state index in [0.717, 1.165) is 11.1 Å². The first-order valence-corrected chi connectivity index (χ1v) is 10.2. The van der Waals surface area contributed by atoms with Gasteiger partial charge in [-0.2, -0.15) is 4.31 Å². The number of hydrogen-bond donors (Lipinski definition) is 1. The van der Waals surface area contributed by atoms with Crippen LogP contribution in [0.5, 0.6) is 0 Å². The second-order valence-corrected chi connectivity index (χ2v) is 8.50. The number of benzene rings is 2. The maximum atomic E-state index is 13.4. The molecule has 2 atom stereocenters. The summed E-state index contributed by atoms with van der Waals surface area (Å²) < 4.78 is 28.1. The Balaban J connectivity index is 1.80. The summed E-state index contributed by atoms with van der Waals surface area (Å²) in [4.78, 5) is 4.19. The molecule has 3 aromatic rings. The third-order valence-corrected chi connectivity index (χ3v) is 6.88. The van der Waals surface area contributed by atoms with E-state index in [2.05, 4.69) is 4.98 Å². The van der Waals surface area contributed by atoms with Crippen LogP contribution in [0.4, 0.5) is 0 Å². The molecule has 2 aromatic carbocycles.